The predicted octanol–water partition coefficient (Wildman–Crippen LogP) is 2.47. The number of hydrogen-bond donors (Lipinski definition) is 1. The summed E-state index contributed by atoms with van der Waals surface area (Å²) in [5, 5.41) is 6.54. The molecule has 0 saturated carbocycles. The molecule has 1 heterocycles. The van der Waals surface area contributed by atoms with Gasteiger partial charge in [0.05, 0.1) is 7.11 Å². The molecule has 0 aliphatic rings. The summed E-state index contributed by atoms with van der Waals surface area (Å²) in [6.07, 6.45) is 3.71. The summed E-state index contributed by atoms with van der Waals surface area (Å²) in [6.45, 7) is 3.98. The Morgan fingerprint density at radius 1 is 1.47 bits per heavy atom. The molecule has 1 amide bonds. The second-order valence-electron chi connectivity index (χ2n) is 4.60. The summed E-state index contributed by atoms with van der Waals surface area (Å²) >= 11 is 1.57. The molecule has 0 aliphatic heterocycles. The van der Waals surface area contributed by atoms with E-state index in [1.54, 1.807) is 17.4 Å². The van der Waals surface area contributed by atoms with Gasteiger partial charge in [-0.05, 0) is 40.8 Å². The van der Waals surface area contributed by atoms with E-state index < -0.39 is 12.0 Å². The highest BCUT2D eigenvalue weighted by atomic mass is 32.1. The summed E-state index contributed by atoms with van der Waals surface area (Å²) in [7, 11) is 1.32. The van der Waals surface area contributed by atoms with Crippen molar-refractivity contribution in [1.29, 1.82) is 0 Å². The number of carbonyl (C=O) groups excluding carboxylic acids is 2. The Morgan fingerprint density at radius 3 is 2.74 bits per heavy atom. The van der Waals surface area contributed by atoms with E-state index in [0.717, 1.165) is 5.56 Å². The fraction of sp³-hybridized carbons (Fsp3) is 0.429. The Kier molecular flexibility index (Phi) is 6.29. The zero-order chi connectivity index (χ0) is 14.3. The normalized spacial score (nSPS) is 12.6. The highest BCUT2D eigenvalue weighted by molar-refractivity contribution is 7.08. The Labute approximate surface area is 117 Å². The number of amides is 1. The van der Waals surface area contributed by atoms with Crippen LogP contribution in [0.4, 0.5) is 0 Å². The number of thiophene rings is 1. The molecule has 0 bridgehead atoms. The fourth-order valence-electron chi connectivity index (χ4n) is 1.59. The van der Waals surface area contributed by atoms with Gasteiger partial charge in [-0.3, -0.25) is 4.79 Å². The third-order valence-electron chi connectivity index (χ3n) is 2.48. The first-order valence-electron chi connectivity index (χ1n) is 6.11. The number of ether oxygens (including phenoxy) is 1. The maximum atomic E-state index is 11.7. The molecule has 1 aromatic rings. The molecule has 0 aromatic carbocycles. The highest BCUT2D eigenvalue weighted by Crippen LogP contribution is 2.08. The standard InChI is InChI=1S/C14H19NO3S/c1-10(2)8-12(14(17)18-3)15-13(16)5-4-11-6-7-19-9-11/h4-7,9-10,12H,8H2,1-3H3,(H,15,16). The van der Waals surface area contributed by atoms with Gasteiger partial charge in [-0.15, -0.1) is 0 Å². The van der Waals surface area contributed by atoms with Crippen LogP contribution in [0.2, 0.25) is 0 Å². The van der Waals surface area contributed by atoms with Crippen molar-refractivity contribution in [3.8, 4) is 0 Å². The molecule has 0 radical (unpaired) electrons. The van der Waals surface area contributed by atoms with Crippen LogP contribution in [-0.2, 0) is 14.3 Å². The summed E-state index contributed by atoms with van der Waals surface area (Å²) in [4.78, 5) is 23.3. The van der Waals surface area contributed by atoms with E-state index in [1.807, 2.05) is 30.7 Å². The smallest absolute Gasteiger partial charge is 0.328 e. The van der Waals surface area contributed by atoms with Crippen LogP contribution < -0.4 is 5.32 Å². The average Bonchev–Trinajstić information content (AvgIpc) is 2.87. The molecule has 0 aliphatic carbocycles. The molecule has 1 rings (SSSR count). The number of nitrogens with one attached hydrogen (secondary N) is 1. The van der Waals surface area contributed by atoms with Crippen molar-refractivity contribution in [3.63, 3.8) is 0 Å². The molecule has 0 fully saturated rings. The van der Waals surface area contributed by atoms with E-state index >= 15 is 0 Å². The van der Waals surface area contributed by atoms with Gasteiger partial charge in [-0.25, -0.2) is 4.79 Å². The van der Waals surface area contributed by atoms with E-state index in [1.165, 1.54) is 13.2 Å². The van der Waals surface area contributed by atoms with Gasteiger partial charge in [-0.2, -0.15) is 11.3 Å². The Morgan fingerprint density at radius 2 is 2.21 bits per heavy atom. The monoisotopic (exact) mass is 281 g/mol. The molecule has 5 heteroatoms. The Hall–Kier alpha value is -1.62. The van der Waals surface area contributed by atoms with Gasteiger partial charge in [0, 0.05) is 6.08 Å². The van der Waals surface area contributed by atoms with Crippen molar-refractivity contribution in [2.24, 2.45) is 5.92 Å². The van der Waals surface area contributed by atoms with E-state index in [0.29, 0.717) is 12.3 Å². The largest absolute Gasteiger partial charge is 0.467 e. The molecular formula is C14H19NO3S. The van der Waals surface area contributed by atoms with Gasteiger partial charge in [-0.1, -0.05) is 13.8 Å². The van der Waals surface area contributed by atoms with Crippen LogP contribution in [0.1, 0.15) is 25.8 Å². The van der Waals surface area contributed by atoms with Crippen LogP contribution in [0, 0.1) is 5.92 Å². The van der Waals surface area contributed by atoms with E-state index in [9.17, 15) is 9.59 Å². The fourth-order valence-corrected chi connectivity index (χ4v) is 2.22. The lowest BCUT2D eigenvalue weighted by atomic mass is 10.0. The highest BCUT2D eigenvalue weighted by Gasteiger charge is 2.21. The number of hydrogen-bond acceptors (Lipinski definition) is 4. The zero-order valence-electron chi connectivity index (χ0n) is 11.4. The zero-order valence-corrected chi connectivity index (χ0v) is 12.2. The SMILES string of the molecule is COC(=O)C(CC(C)C)NC(=O)C=Cc1ccsc1. The van der Waals surface area contributed by atoms with Crippen LogP contribution in [0.25, 0.3) is 6.08 Å². The lowest BCUT2D eigenvalue weighted by Gasteiger charge is -2.17. The second-order valence-corrected chi connectivity index (χ2v) is 5.38. The van der Waals surface area contributed by atoms with Gasteiger partial charge in [0.15, 0.2) is 0 Å². The van der Waals surface area contributed by atoms with E-state index in [-0.39, 0.29) is 5.91 Å². The maximum absolute atomic E-state index is 11.7. The first kappa shape index (κ1) is 15.4. The van der Waals surface area contributed by atoms with Gasteiger partial charge in [0.25, 0.3) is 0 Å². The van der Waals surface area contributed by atoms with Crippen molar-refractivity contribution in [2.45, 2.75) is 26.3 Å². The van der Waals surface area contributed by atoms with Crippen LogP contribution in [0.15, 0.2) is 22.9 Å². The predicted molar refractivity (Wildman–Crippen MR) is 76.8 cm³/mol. The first-order valence-corrected chi connectivity index (χ1v) is 7.05. The molecule has 1 atom stereocenters. The van der Waals surface area contributed by atoms with Crippen LogP contribution in [0.3, 0.4) is 0 Å². The molecule has 104 valence electrons. The van der Waals surface area contributed by atoms with Gasteiger partial charge in [0.1, 0.15) is 6.04 Å². The Balaban J connectivity index is 2.58. The molecule has 1 aromatic heterocycles. The third-order valence-corrected chi connectivity index (χ3v) is 3.18. The minimum Gasteiger partial charge on any atom is -0.467 e. The van der Waals surface area contributed by atoms with E-state index in [2.05, 4.69) is 10.1 Å². The van der Waals surface area contributed by atoms with Crippen LogP contribution >= 0.6 is 11.3 Å². The van der Waals surface area contributed by atoms with E-state index in [4.69, 9.17) is 0 Å². The molecule has 0 saturated heterocycles. The summed E-state index contributed by atoms with van der Waals surface area (Å²) in [5.41, 5.74) is 0.971. The topological polar surface area (TPSA) is 55.4 Å². The van der Waals surface area contributed by atoms with Crippen molar-refractivity contribution >= 4 is 29.3 Å². The molecule has 0 spiro atoms. The third kappa shape index (κ3) is 5.70. The van der Waals surface area contributed by atoms with Gasteiger partial charge < -0.3 is 10.1 Å². The number of rotatable bonds is 6. The molecular weight excluding hydrogens is 262 g/mol. The quantitative estimate of drug-likeness (QED) is 0.644. The minimum absolute atomic E-state index is 0.290. The molecule has 4 nitrogen and oxygen atoms in total. The van der Waals surface area contributed by atoms with Crippen molar-refractivity contribution in [3.05, 3.63) is 28.5 Å². The van der Waals surface area contributed by atoms with Crippen molar-refractivity contribution in [2.75, 3.05) is 7.11 Å². The average molecular weight is 281 g/mol. The van der Waals surface area contributed by atoms with Gasteiger partial charge >= 0.3 is 5.97 Å². The molecule has 1 N–H and O–H groups in total. The summed E-state index contributed by atoms with van der Waals surface area (Å²) in [5.74, 6) is -0.404. The van der Waals surface area contributed by atoms with Crippen LogP contribution in [0.5, 0.6) is 0 Å². The number of methoxy groups -OCH3 is 1. The lowest BCUT2D eigenvalue weighted by molar-refractivity contribution is -0.145. The minimum atomic E-state index is -0.593. The lowest BCUT2D eigenvalue weighted by Crippen LogP contribution is -2.41. The van der Waals surface area contributed by atoms with Gasteiger partial charge in [0.2, 0.25) is 5.91 Å². The summed E-state index contributed by atoms with van der Waals surface area (Å²) < 4.78 is 4.69. The second kappa shape index (κ2) is 7.74. The number of carbonyl (C=O) groups is 2. The van der Waals surface area contributed by atoms with Crippen molar-refractivity contribution in [1.82, 2.24) is 5.32 Å². The number of esters is 1. The Bertz CT molecular complexity index is 438. The molecule has 1 unspecified atom stereocenters. The van der Waals surface area contributed by atoms with Crippen molar-refractivity contribution < 1.29 is 14.3 Å². The first-order chi connectivity index (χ1) is 9.02. The maximum Gasteiger partial charge on any atom is 0.328 e. The summed E-state index contributed by atoms with van der Waals surface area (Å²) in [6, 6.07) is 1.32. The van der Waals surface area contributed by atoms with Crippen LogP contribution in [-0.4, -0.2) is 25.0 Å². The molecule has 19 heavy (non-hydrogen) atoms.